The van der Waals surface area contributed by atoms with Crippen molar-refractivity contribution in [1.82, 2.24) is 0 Å². The van der Waals surface area contributed by atoms with E-state index < -0.39 is 0 Å². The maximum absolute atomic E-state index is 2.25. The average molecular weight is 172 g/mol. The van der Waals surface area contributed by atoms with Crippen LogP contribution in [0.3, 0.4) is 0 Å². The Kier molecular flexibility index (Phi) is 0.412. The Bertz CT molecular complexity index is 829. The maximum Gasteiger partial charge on any atom is -0.0000476 e. The highest BCUT2D eigenvalue weighted by molar-refractivity contribution is 6.64. The van der Waals surface area contributed by atoms with Gasteiger partial charge in [0.25, 0.3) is 0 Å². The molecule has 0 fully saturated rings. The van der Waals surface area contributed by atoms with Crippen molar-refractivity contribution >= 4 is 53.9 Å². The molecule has 0 aliphatic heterocycles. The first kappa shape index (κ1) is 5.16. The Labute approximate surface area is 78.7 Å². The summed E-state index contributed by atoms with van der Waals surface area (Å²) in [6.07, 6.45) is 0. The summed E-state index contributed by atoms with van der Waals surface area (Å²) in [4.78, 5) is 0. The number of rotatable bonds is 0. The molecule has 6 aromatic rings. The lowest BCUT2D eigenvalue weighted by Gasteiger charge is -2.33. The summed E-state index contributed by atoms with van der Waals surface area (Å²) in [7, 11) is 0. The van der Waals surface area contributed by atoms with Gasteiger partial charge in [-0.2, -0.15) is 0 Å². The second-order valence-electron chi connectivity index (χ2n) is 4.57. The highest BCUT2D eigenvalue weighted by atomic mass is 14.3. The smallest absolute Gasteiger partial charge is 0.0000476 e. The molecule has 0 heteroatoms. The average Bonchev–Trinajstić information content (AvgIpc) is 2.10. The lowest BCUT2D eigenvalue weighted by Crippen LogP contribution is -2.04. The normalized spacial score (nSPS) is 15.1. The molecule has 0 nitrogen and oxygen atoms in total. The van der Waals surface area contributed by atoms with Crippen molar-refractivity contribution in [1.29, 1.82) is 0 Å². The van der Waals surface area contributed by atoms with E-state index in [1.807, 2.05) is 0 Å². The van der Waals surface area contributed by atoms with E-state index >= 15 is 0 Å². The Morgan fingerprint density at radius 2 is 0.643 bits per heavy atom. The van der Waals surface area contributed by atoms with Crippen molar-refractivity contribution in [2.45, 2.75) is 0 Å². The molecule has 0 aromatic heterocycles. The Morgan fingerprint density at radius 1 is 0.357 bits per heavy atom. The molecule has 0 saturated carbocycles. The van der Waals surface area contributed by atoms with E-state index in [1.165, 1.54) is 21.5 Å². The highest BCUT2D eigenvalue weighted by Crippen LogP contribution is 2.62. The van der Waals surface area contributed by atoms with Crippen LogP contribution in [0.1, 0.15) is 0 Å². The fourth-order valence-electron chi connectivity index (χ4n) is 3.45. The largest absolute Gasteiger partial charge is 0.0531 e. The third-order valence-electron chi connectivity index (χ3n) is 4.24. The van der Waals surface area contributed by atoms with Crippen LogP contribution < -0.4 is 0 Å². The van der Waals surface area contributed by atoms with Gasteiger partial charge in [0.05, 0.1) is 0 Å². The summed E-state index contributed by atoms with van der Waals surface area (Å²) < 4.78 is 0. The van der Waals surface area contributed by atoms with E-state index in [1.54, 1.807) is 32.3 Å². The van der Waals surface area contributed by atoms with Gasteiger partial charge < -0.3 is 0 Å². The van der Waals surface area contributed by atoms with Crippen molar-refractivity contribution in [3.05, 3.63) is 24.3 Å². The maximum atomic E-state index is 2.25. The monoisotopic (exact) mass is 172 g/mol. The van der Waals surface area contributed by atoms with Gasteiger partial charge in [0.15, 0.2) is 0 Å². The lowest BCUT2D eigenvalue weighted by molar-refractivity contribution is 1.84. The van der Waals surface area contributed by atoms with E-state index in [0.29, 0.717) is 0 Å². The molecule has 0 bridgehead atoms. The number of hydrogen-bond donors (Lipinski definition) is 0. The first-order valence-corrected chi connectivity index (χ1v) is 5.07. The van der Waals surface area contributed by atoms with E-state index in [2.05, 4.69) is 24.3 Å². The lowest BCUT2D eigenvalue weighted by atomic mass is 9.69. The van der Waals surface area contributed by atoms with Crippen molar-refractivity contribution in [3.63, 3.8) is 0 Å². The van der Waals surface area contributed by atoms with Gasteiger partial charge >= 0.3 is 0 Å². The number of benzene rings is 5. The third-order valence-corrected chi connectivity index (χ3v) is 4.24. The Morgan fingerprint density at radius 3 is 0.857 bits per heavy atom. The van der Waals surface area contributed by atoms with Crippen LogP contribution in [0.2, 0.25) is 0 Å². The minimum atomic E-state index is 1.53. The van der Waals surface area contributed by atoms with Gasteiger partial charge in [-0.15, -0.1) is 0 Å². The van der Waals surface area contributed by atoms with E-state index in [-0.39, 0.29) is 0 Å². The molecule has 0 aliphatic rings. The van der Waals surface area contributed by atoms with E-state index in [4.69, 9.17) is 0 Å². The minimum Gasteiger partial charge on any atom is -0.0531 e. The molecule has 14 heavy (non-hydrogen) atoms. The van der Waals surface area contributed by atoms with Crippen LogP contribution in [-0.4, -0.2) is 0 Å². The molecule has 0 radical (unpaired) electrons. The Hall–Kier alpha value is -1.82. The molecule has 0 unspecified atom stereocenters. The van der Waals surface area contributed by atoms with E-state index in [0.717, 1.165) is 0 Å². The molecular formula is C14H4. The standard InChI is InChI=1S/C14H4/c1-2-6-5(1)9-10(6)14-12-8-4-3-7(8)11(12)13(9)14/h1-4H. The molecule has 0 spiro atoms. The van der Waals surface area contributed by atoms with Crippen molar-refractivity contribution < 1.29 is 0 Å². The summed E-state index contributed by atoms with van der Waals surface area (Å²) in [6.45, 7) is 0. The van der Waals surface area contributed by atoms with Crippen LogP contribution in [0.5, 0.6) is 0 Å². The quantitative estimate of drug-likeness (QED) is 0.303. The van der Waals surface area contributed by atoms with Crippen LogP contribution >= 0.6 is 0 Å². The first-order chi connectivity index (χ1) is 6.97. The predicted octanol–water partition coefficient (Wildman–Crippen LogP) is 4.08. The molecule has 6 rings (SSSR count). The summed E-state index contributed by atoms with van der Waals surface area (Å²) in [6, 6.07) is 9.00. The van der Waals surface area contributed by atoms with Gasteiger partial charge in [0.2, 0.25) is 0 Å². The molecule has 0 saturated heterocycles. The molecule has 0 atom stereocenters. The van der Waals surface area contributed by atoms with Crippen molar-refractivity contribution in [2.75, 3.05) is 0 Å². The van der Waals surface area contributed by atoms with Crippen LogP contribution in [0.25, 0.3) is 53.9 Å². The number of hydrogen-bond acceptors (Lipinski definition) is 0. The minimum absolute atomic E-state index is 1.53. The number of fused-ring (bicyclic) bond motifs is 13. The third kappa shape index (κ3) is 0.237. The molecular weight excluding hydrogens is 168 g/mol. The van der Waals surface area contributed by atoms with Gasteiger partial charge in [-0.3, -0.25) is 0 Å². The van der Waals surface area contributed by atoms with Crippen LogP contribution in [0.4, 0.5) is 0 Å². The highest BCUT2D eigenvalue weighted by Gasteiger charge is 2.33. The first-order valence-electron chi connectivity index (χ1n) is 5.07. The zero-order valence-electron chi connectivity index (χ0n) is 7.31. The molecule has 0 N–H and O–H groups in total. The summed E-state index contributed by atoms with van der Waals surface area (Å²) in [5.41, 5.74) is 0. The van der Waals surface area contributed by atoms with Crippen LogP contribution in [0.15, 0.2) is 24.3 Å². The summed E-state index contributed by atoms with van der Waals surface area (Å²) >= 11 is 0. The molecule has 0 amide bonds. The van der Waals surface area contributed by atoms with Crippen LogP contribution in [0, 0.1) is 0 Å². The predicted molar refractivity (Wildman–Crippen MR) is 61.1 cm³/mol. The van der Waals surface area contributed by atoms with Crippen molar-refractivity contribution in [2.24, 2.45) is 0 Å². The van der Waals surface area contributed by atoms with E-state index in [9.17, 15) is 0 Å². The molecule has 60 valence electrons. The molecule has 6 aromatic carbocycles. The Balaban J connectivity index is 2.09. The zero-order valence-corrected chi connectivity index (χ0v) is 7.31. The molecule has 0 aliphatic carbocycles. The molecule has 0 heterocycles. The van der Waals surface area contributed by atoms with Gasteiger partial charge in [0.1, 0.15) is 0 Å². The van der Waals surface area contributed by atoms with Gasteiger partial charge in [-0.1, -0.05) is 24.3 Å². The van der Waals surface area contributed by atoms with Gasteiger partial charge in [0, 0.05) is 0 Å². The SMILES string of the molecule is c1cc2c1c1c2c2c3c4ccc4c3c12. The zero-order chi connectivity index (χ0) is 8.60. The summed E-state index contributed by atoms with van der Waals surface area (Å²) in [5, 5.41) is 15.7. The topological polar surface area (TPSA) is 0 Å². The van der Waals surface area contributed by atoms with Gasteiger partial charge in [-0.05, 0) is 53.9 Å². The van der Waals surface area contributed by atoms with Crippen molar-refractivity contribution in [3.8, 4) is 0 Å². The fourth-order valence-corrected chi connectivity index (χ4v) is 3.45. The fraction of sp³-hybridized carbons (Fsp3) is 0. The van der Waals surface area contributed by atoms with Gasteiger partial charge in [-0.25, -0.2) is 0 Å². The second-order valence-corrected chi connectivity index (χ2v) is 4.57. The summed E-state index contributed by atoms with van der Waals surface area (Å²) in [5.74, 6) is 0. The van der Waals surface area contributed by atoms with Crippen LogP contribution in [-0.2, 0) is 0 Å². The second kappa shape index (κ2) is 1.12.